The number of aromatic nitrogens is 2. The Morgan fingerprint density at radius 3 is 2.61 bits per heavy atom. The molecule has 8 nitrogen and oxygen atoms in total. The number of carbonyl (C=O) groups excluding carboxylic acids is 1. The van der Waals surface area contributed by atoms with Crippen LogP contribution in [0.2, 0.25) is 0 Å². The van der Waals surface area contributed by atoms with Crippen LogP contribution in [0.1, 0.15) is 40.6 Å². The van der Waals surface area contributed by atoms with E-state index in [1.54, 1.807) is 12.1 Å². The highest BCUT2D eigenvalue weighted by molar-refractivity contribution is 7.99. The molecule has 1 amide bonds. The number of carbonyl (C=O) groups is 1. The average molecular weight is 529 g/mol. The lowest BCUT2D eigenvalue weighted by molar-refractivity contribution is -0.130. The molecule has 38 heavy (non-hydrogen) atoms. The second kappa shape index (κ2) is 11.5. The highest BCUT2D eigenvalue weighted by atomic mass is 32.2. The summed E-state index contributed by atoms with van der Waals surface area (Å²) in [5.74, 6) is 1.85. The number of benzene rings is 3. The molecule has 0 bridgehead atoms. The van der Waals surface area contributed by atoms with E-state index in [0.29, 0.717) is 17.5 Å². The van der Waals surface area contributed by atoms with Crippen LogP contribution in [0.15, 0.2) is 87.5 Å². The van der Waals surface area contributed by atoms with Gasteiger partial charge in [-0.3, -0.25) is 4.79 Å². The van der Waals surface area contributed by atoms with Gasteiger partial charge in [-0.25, -0.2) is 5.01 Å². The summed E-state index contributed by atoms with van der Waals surface area (Å²) in [5.41, 5.74) is 5.00. The first kappa shape index (κ1) is 25.5. The summed E-state index contributed by atoms with van der Waals surface area (Å²) in [7, 11) is 1.63. The van der Waals surface area contributed by atoms with Gasteiger partial charge in [0.15, 0.2) is 6.61 Å². The van der Waals surface area contributed by atoms with E-state index in [4.69, 9.17) is 19.0 Å². The van der Waals surface area contributed by atoms with Crippen molar-refractivity contribution in [2.24, 2.45) is 5.10 Å². The summed E-state index contributed by atoms with van der Waals surface area (Å²) in [4.78, 5) is 13.3. The first-order chi connectivity index (χ1) is 18.5. The molecule has 0 fully saturated rings. The number of thioether (sulfide) groups is 1. The number of nitrogens with zero attached hydrogens (tertiary/aromatic N) is 4. The molecular formula is C29H28N4O4S. The van der Waals surface area contributed by atoms with Gasteiger partial charge in [0.05, 0.1) is 24.6 Å². The maximum atomic E-state index is 13.3. The Bertz CT molecular complexity index is 1440. The molecule has 9 heteroatoms. The van der Waals surface area contributed by atoms with Crippen molar-refractivity contribution in [1.29, 1.82) is 0 Å². The monoisotopic (exact) mass is 528 g/mol. The third kappa shape index (κ3) is 5.89. The molecule has 0 aliphatic carbocycles. The van der Waals surface area contributed by atoms with Gasteiger partial charge in [0.2, 0.25) is 0 Å². The van der Waals surface area contributed by atoms with Crippen molar-refractivity contribution >= 4 is 23.4 Å². The van der Waals surface area contributed by atoms with Crippen LogP contribution in [0.4, 0.5) is 0 Å². The Hall–Kier alpha value is -4.11. The summed E-state index contributed by atoms with van der Waals surface area (Å²) in [5, 5.41) is 14.7. The summed E-state index contributed by atoms with van der Waals surface area (Å²) in [6, 6.07) is 23.5. The number of rotatable bonds is 9. The average Bonchev–Trinajstić information content (AvgIpc) is 3.60. The molecule has 4 aromatic rings. The Labute approximate surface area is 225 Å². The number of hydrazone groups is 1. The summed E-state index contributed by atoms with van der Waals surface area (Å²) >= 11 is 1.19. The molecule has 1 aliphatic rings. The summed E-state index contributed by atoms with van der Waals surface area (Å²) in [6.07, 6.45) is 0.618. The molecule has 0 saturated heterocycles. The van der Waals surface area contributed by atoms with Crippen molar-refractivity contribution in [2.75, 3.05) is 12.9 Å². The minimum Gasteiger partial charge on any atom is -0.497 e. The van der Waals surface area contributed by atoms with Gasteiger partial charge >= 0.3 is 0 Å². The molecule has 2 heterocycles. The molecular weight excluding hydrogens is 500 g/mol. The van der Waals surface area contributed by atoms with Crippen LogP contribution in [0.3, 0.4) is 0 Å². The second-order valence-electron chi connectivity index (χ2n) is 8.95. The van der Waals surface area contributed by atoms with E-state index < -0.39 is 0 Å². The van der Waals surface area contributed by atoms with E-state index >= 15 is 0 Å². The lowest BCUT2D eigenvalue weighted by atomic mass is 9.98. The molecule has 1 aromatic heterocycles. The maximum absolute atomic E-state index is 13.3. The van der Waals surface area contributed by atoms with Gasteiger partial charge < -0.3 is 13.9 Å². The number of aryl methyl sites for hydroxylation is 2. The largest absolute Gasteiger partial charge is 0.497 e. The highest BCUT2D eigenvalue weighted by Crippen LogP contribution is 2.34. The molecule has 1 unspecified atom stereocenters. The molecule has 0 saturated carbocycles. The fourth-order valence-electron chi connectivity index (χ4n) is 4.18. The van der Waals surface area contributed by atoms with Gasteiger partial charge in [0.25, 0.3) is 17.0 Å². The van der Waals surface area contributed by atoms with Crippen LogP contribution >= 0.6 is 11.8 Å². The van der Waals surface area contributed by atoms with Crippen molar-refractivity contribution < 1.29 is 18.7 Å². The van der Waals surface area contributed by atoms with E-state index in [1.807, 2.05) is 86.6 Å². The number of hydrogen-bond donors (Lipinski definition) is 0. The van der Waals surface area contributed by atoms with Gasteiger partial charge in [0.1, 0.15) is 11.5 Å². The van der Waals surface area contributed by atoms with Crippen LogP contribution in [0.5, 0.6) is 11.5 Å². The van der Waals surface area contributed by atoms with Gasteiger partial charge in [0, 0.05) is 6.42 Å². The zero-order valence-electron chi connectivity index (χ0n) is 21.5. The standard InChI is InChI=1S/C29H28N4O4S/c1-19-9-10-20(2)26(15-19)36-17-27-30-31-29(37-27)38-18-28(34)33-25(22-11-13-23(35-3)14-12-22)16-24(32-33)21-7-5-4-6-8-21/h4-15,25H,16-18H2,1-3H3. The van der Waals surface area contributed by atoms with Crippen molar-refractivity contribution in [3.63, 3.8) is 0 Å². The third-order valence-corrected chi connectivity index (χ3v) is 7.04. The van der Waals surface area contributed by atoms with Crippen LogP contribution in [0, 0.1) is 13.8 Å². The van der Waals surface area contributed by atoms with Crippen molar-refractivity contribution in [1.82, 2.24) is 15.2 Å². The lowest BCUT2D eigenvalue weighted by Crippen LogP contribution is -2.28. The smallest absolute Gasteiger partial charge is 0.277 e. The molecule has 5 rings (SSSR count). The zero-order valence-corrected chi connectivity index (χ0v) is 22.3. The number of amides is 1. The zero-order chi connectivity index (χ0) is 26.5. The lowest BCUT2D eigenvalue weighted by Gasteiger charge is -2.22. The topological polar surface area (TPSA) is 90.1 Å². The maximum Gasteiger partial charge on any atom is 0.277 e. The van der Waals surface area contributed by atoms with E-state index in [0.717, 1.165) is 39.5 Å². The second-order valence-corrected chi connectivity index (χ2v) is 9.88. The van der Waals surface area contributed by atoms with Crippen LogP contribution in [0.25, 0.3) is 0 Å². The SMILES string of the molecule is COc1ccc(C2CC(c3ccccc3)=NN2C(=O)CSc2nnc(COc3cc(C)ccc3C)o2)cc1. The predicted octanol–water partition coefficient (Wildman–Crippen LogP) is 5.74. The molecule has 0 N–H and O–H groups in total. The van der Waals surface area contributed by atoms with Crippen LogP contribution < -0.4 is 9.47 Å². The van der Waals surface area contributed by atoms with Gasteiger partial charge in [-0.2, -0.15) is 5.10 Å². The summed E-state index contributed by atoms with van der Waals surface area (Å²) in [6.45, 7) is 4.15. The number of hydrogen-bond acceptors (Lipinski definition) is 8. The first-order valence-electron chi connectivity index (χ1n) is 12.2. The normalized spacial score (nSPS) is 14.9. The summed E-state index contributed by atoms with van der Waals surface area (Å²) < 4.78 is 16.9. The quantitative estimate of drug-likeness (QED) is 0.256. The molecule has 1 atom stereocenters. The Kier molecular flexibility index (Phi) is 7.74. The van der Waals surface area contributed by atoms with Gasteiger partial charge in [-0.1, -0.05) is 66.4 Å². The van der Waals surface area contributed by atoms with E-state index in [2.05, 4.69) is 10.2 Å². The van der Waals surface area contributed by atoms with Crippen LogP contribution in [-0.2, 0) is 11.4 Å². The Morgan fingerprint density at radius 1 is 1.05 bits per heavy atom. The molecule has 3 aromatic carbocycles. The Morgan fingerprint density at radius 2 is 1.84 bits per heavy atom. The van der Waals surface area contributed by atoms with E-state index in [1.165, 1.54) is 11.8 Å². The fraction of sp³-hybridized carbons (Fsp3) is 0.241. The minimum absolute atomic E-state index is 0.109. The van der Waals surface area contributed by atoms with Gasteiger partial charge in [-0.15, -0.1) is 10.2 Å². The van der Waals surface area contributed by atoms with E-state index in [-0.39, 0.29) is 24.3 Å². The van der Waals surface area contributed by atoms with Crippen molar-refractivity contribution in [2.45, 2.75) is 38.1 Å². The fourth-order valence-corrected chi connectivity index (χ4v) is 4.81. The molecule has 0 spiro atoms. The van der Waals surface area contributed by atoms with Crippen molar-refractivity contribution in [3.05, 3.63) is 101 Å². The van der Waals surface area contributed by atoms with E-state index in [9.17, 15) is 4.79 Å². The van der Waals surface area contributed by atoms with Gasteiger partial charge in [-0.05, 0) is 54.3 Å². The Balaban J connectivity index is 1.26. The number of ether oxygens (including phenoxy) is 2. The molecule has 194 valence electrons. The van der Waals surface area contributed by atoms with Crippen molar-refractivity contribution in [3.8, 4) is 11.5 Å². The first-order valence-corrected chi connectivity index (χ1v) is 13.2. The number of methoxy groups -OCH3 is 1. The highest BCUT2D eigenvalue weighted by Gasteiger charge is 2.33. The minimum atomic E-state index is -0.214. The molecule has 0 radical (unpaired) electrons. The van der Waals surface area contributed by atoms with Crippen LogP contribution in [-0.4, -0.2) is 39.7 Å². The third-order valence-electron chi connectivity index (χ3n) is 6.24. The molecule has 1 aliphatic heterocycles. The predicted molar refractivity (Wildman–Crippen MR) is 145 cm³/mol.